The minimum absolute atomic E-state index is 0.133. The second-order valence-electron chi connectivity index (χ2n) is 3.92. The van der Waals surface area contributed by atoms with Crippen LogP contribution < -0.4 is 5.32 Å². The first kappa shape index (κ1) is 11.0. The summed E-state index contributed by atoms with van der Waals surface area (Å²) in [4.78, 5) is 0. The first-order valence-electron chi connectivity index (χ1n) is 5.25. The maximum atomic E-state index is 8.45. The first-order valence-corrected chi connectivity index (χ1v) is 5.25. The zero-order valence-corrected chi connectivity index (χ0v) is 8.46. The van der Waals surface area contributed by atoms with Crippen molar-refractivity contribution in [3.05, 3.63) is 0 Å². The molecule has 0 aromatic heterocycles. The van der Waals surface area contributed by atoms with Crippen LogP contribution in [0.4, 0.5) is 0 Å². The number of aliphatic hydroxyl groups excluding tert-OH is 1. The topological polar surface area (TPSA) is 41.5 Å². The average Bonchev–Trinajstić information content (AvgIpc) is 2.07. The summed E-state index contributed by atoms with van der Waals surface area (Å²) in [5, 5.41) is 11.9. The molecule has 0 aliphatic heterocycles. The predicted octanol–water partition coefficient (Wildman–Crippen LogP) is 0.773. The largest absolute Gasteiger partial charge is 0.394 e. The Morgan fingerprint density at radius 1 is 1.38 bits per heavy atom. The van der Waals surface area contributed by atoms with Gasteiger partial charge in [0.15, 0.2) is 0 Å². The molecule has 0 saturated heterocycles. The molecule has 0 spiro atoms. The van der Waals surface area contributed by atoms with E-state index in [1.807, 2.05) is 0 Å². The third-order valence-electron chi connectivity index (χ3n) is 2.51. The normalized spacial score (nSPS) is 27.2. The van der Waals surface area contributed by atoms with Crippen molar-refractivity contribution in [1.82, 2.24) is 5.32 Å². The van der Waals surface area contributed by atoms with E-state index in [4.69, 9.17) is 9.84 Å². The highest BCUT2D eigenvalue weighted by atomic mass is 16.5. The molecule has 0 heterocycles. The minimum atomic E-state index is 0.133. The van der Waals surface area contributed by atoms with Gasteiger partial charge in [-0.25, -0.2) is 0 Å². The number of hydrogen-bond donors (Lipinski definition) is 2. The molecule has 1 aliphatic carbocycles. The van der Waals surface area contributed by atoms with Gasteiger partial charge in [0.25, 0.3) is 0 Å². The zero-order chi connectivity index (χ0) is 9.52. The van der Waals surface area contributed by atoms with Gasteiger partial charge in [-0.15, -0.1) is 0 Å². The Kier molecular flexibility index (Phi) is 5.35. The SMILES string of the molecule is CC1CC(NCCCOCCO)C1. The molecule has 1 saturated carbocycles. The third kappa shape index (κ3) is 4.60. The van der Waals surface area contributed by atoms with Gasteiger partial charge in [-0.2, -0.15) is 0 Å². The molecular formula is C10H21NO2. The molecule has 78 valence electrons. The molecule has 1 fully saturated rings. The number of aliphatic hydroxyl groups is 1. The summed E-state index contributed by atoms with van der Waals surface area (Å²) >= 11 is 0. The molecule has 0 radical (unpaired) electrons. The second-order valence-corrected chi connectivity index (χ2v) is 3.92. The summed E-state index contributed by atoms with van der Waals surface area (Å²) in [6, 6.07) is 0.757. The molecule has 13 heavy (non-hydrogen) atoms. The van der Waals surface area contributed by atoms with Crippen LogP contribution in [0.5, 0.6) is 0 Å². The Hall–Kier alpha value is -0.120. The Morgan fingerprint density at radius 3 is 2.77 bits per heavy atom. The molecule has 0 aromatic rings. The van der Waals surface area contributed by atoms with Crippen LogP contribution in [0.2, 0.25) is 0 Å². The molecule has 2 N–H and O–H groups in total. The van der Waals surface area contributed by atoms with Crippen LogP contribution in [0.1, 0.15) is 26.2 Å². The molecule has 3 heteroatoms. The highest BCUT2D eigenvalue weighted by molar-refractivity contribution is 4.81. The van der Waals surface area contributed by atoms with E-state index < -0.39 is 0 Å². The van der Waals surface area contributed by atoms with Crippen molar-refractivity contribution in [3.63, 3.8) is 0 Å². The Balaban J connectivity index is 1.74. The minimum Gasteiger partial charge on any atom is -0.394 e. The summed E-state index contributed by atoms with van der Waals surface area (Å²) < 4.78 is 5.15. The lowest BCUT2D eigenvalue weighted by Crippen LogP contribution is -2.40. The molecule has 1 aliphatic rings. The number of nitrogens with one attached hydrogen (secondary N) is 1. The summed E-state index contributed by atoms with van der Waals surface area (Å²) in [6.07, 6.45) is 3.71. The fourth-order valence-corrected chi connectivity index (χ4v) is 1.72. The van der Waals surface area contributed by atoms with Gasteiger partial charge in [0, 0.05) is 12.6 Å². The molecule has 0 unspecified atom stereocenters. The summed E-state index contributed by atoms with van der Waals surface area (Å²) in [6.45, 7) is 4.70. The van der Waals surface area contributed by atoms with Crippen LogP contribution in [0.25, 0.3) is 0 Å². The van der Waals surface area contributed by atoms with Gasteiger partial charge in [-0.05, 0) is 31.7 Å². The van der Waals surface area contributed by atoms with Crippen LogP contribution in [-0.2, 0) is 4.74 Å². The van der Waals surface area contributed by atoms with Crippen molar-refractivity contribution in [3.8, 4) is 0 Å². The summed E-state index contributed by atoms with van der Waals surface area (Å²) in [5.74, 6) is 0.920. The van der Waals surface area contributed by atoms with Gasteiger partial charge in [-0.3, -0.25) is 0 Å². The van der Waals surface area contributed by atoms with Crippen LogP contribution in [-0.4, -0.2) is 37.5 Å². The lowest BCUT2D eigenvalue weighted by atomic mass is 9.82. The van der Waals surface area contributed by atoms with E-state index in [1.54, 1.807) is 0 Å². The molecule has 3 nitrogen and oxygen atoms in total. The smallest absolute Gasteiger partial charge is 0.0697 e. The van der Waals surface area contributed by atoms with Crippen molar-refractivity contribution < 1.29 is 9.84 Å². The van der Waals surface area contributed by atoms with Crippen molar-refractivity contribution >= 4 is 0 Å². The summed E-state index contributed by atoms with van der Waals surface area (Å²) in [5.41, 5.74) is 0. The fourth-order valence-electron chi connectivity index (χ4n) is 1.72. The van der Waals surface area contributed by atoms with Crippen molar-refractivity contribution in [2.45, 2.75) is 32.2 Å². The van der Waals surface area contributed by atoms with Gasteiger partial charge >= 0.3 is 0 Å². The van der Waals surface area contributed by atoms with Crippen molar-refractivity contribution in [2.24, 2.45) is 5.92 Å². The first-order chi connectivity index (χ1) is 6.33. The van der Waals surface area contributed by atoms with E-state index in [9.17, 15) is 0 Å². The highest BCUT2D eigenvalue weighted by Gasteiger charge is 2.23. The Labute approximate surface area is 80.5 Å². The molecule has 0 amide bonds. The monoisotopic (exact) mass is 187 g/mol. The van der Waals surface area contributed by atoms with Gasteiger partial charge < -0.3 is 15.2 Å². The third-order valence-corrected chi connectivity index (χ3v) is 2.51. The molecular weight excluding hydrogens is 166 g/mol. The van der Waals surface area contributed by atoms with Crippen molar-refractivity contribution in [1.29, 1.82) is 0 Å². The maximum absolute atomic E-state index is 8.45. The maximum Gasteiger partial charge on any atom is 0.0697 e. The van der Waals surface area contributed by atoms with Crippen molar-refractivity contribution in [2.75, 3.05) is 26.4 Å². The quantitative estimate of drug-likeness (QED) is 0.579. The molecule has 1 rings (SSSR count). The van der Waals surface area contributed by atoms with E-state index in [1.165, 1.54) is 12.8 Å². The Bertz CT molecular complexity index is 124. The Morgan fingerprint density at radius 2 is 2.15 bits per heavy atom. The van der Waals surface area contributed by atoms with Gasteiger partial charge in [0.05, 0.1) is 13.2 Å². The summed E-state index contributed by atoms with van der Waals surface area (Å²) in [7, 11) is 0. The van der Waals surface area contributed by atoms with E-state index in [2.05, 4.69) is 12.2 Å². The lowest BCUT2D eigenvalue weighted by Gasteiger charge is -2.33. The molecule has 0 atom stereocenters. The van der Waals surface area contributed by atoms with Crippen LogP contribution >= 0.6 is 0 Å². The second kappa shape index (κ2) is 6.35. The van der Waals surface area contributed by atoms with Crippen LogP contribution in [0.3, 0.4) is 0 Å². The van der Waals surface area contributed by atoms with Gasteiger partial charge in [0.2, 0.25) is 0 Å². The van der Waals surface area contributed by atoms with Gasteiger partial charge in [0.1, 0.15) is 0 Å². The average molecular weight is 187 g/mol. The number of rotatable bonds is 7. The lowest BCUT2D eigenvalue weighted by molar-refractivity contribution is 0.0893. The molecule has 0 bridgehead atoms. The molecule has 0 aromatic carbocycles. The fraction of sp³-hybridized carbons (Fsp3) is 1.00. The number of ether oxygens (including phenoxy) is 1. The van der Waals surface area contributed by atoms with Crippen LogP contribution in [0, 0.1) is 5.92 Å². The van der Waals surface area contributed by atoms with E-state index in [0.717, 1.165) is 31.5 Å². The van der Waals surface area contributed by atoms with E-state index in [-0.39, 0.29) is 6.61 Å². The predicted molar refractivity (Wildman–Crippen MR) is 52.7 cm³/mol. The standard InChI is InChI=1S/C10H21NO2/c1-9-7-10(8-9)11-3-2-5-13-6-4-12/h9-12H,2-8H2,1H3. The van der Waals surface area contributed by atoms with Crippen LogP contribution in [0.15, 0.2) is 0 Å². The highest BCUT2D eigenvalue weighted by Crippen LogP contribution is 2.25. The zero-order valence-electron chi connectivity index (χ0n) is 8.46. The van der Waals surface area contributed by atoms with Gasteiger partial charge in [-0.1, -0.05) is 6.92 Å². The van der Waals surface area contributed by atoms with E-state index >= 15 is 0 Å². The number of hydrogen-bond acceptors (Lipinski definition) is 3. The van der Waals surface area contributed by atoms with E-state index in [0.29, 0.717) is 6.61 Å².